The molecule has 1 saturated carbocycles. The molecule has 0 saturated heterocycles. The number of guanidine groups is 1. The summed E-state index contributed by atoms with van der Waals surface area (Å²) in [7, 11) is 3.54. The van der Waals surface area contributed by atoms with Crippen LogP contribution >= 0.6 is 0 Å². The van der Waals surface area contributed by atoms with E-state index in [-0.39, 0.29) is 5.41 Å². The van der Waals surface area contributed by atoms with Crippen molar-refractivity contribution in [3.8, 4) is 5.75 Å². The number of ether oxygens (including phenoxy) is 1. The summed E-state index contributed by atoms with van der Waals surface area (Å²) in [4.78, 5) is 4.38. The van der Waals surface area contributed by atoms with Crippen molar-refractivity contribution in [2.75, 3.05) is 27.2 Å². The molecule has 0 radical (unpaired) electrons. The number of para-hydroxylation sites is 1. The van der Waals surface area contributed by atoms with E-state index in [1.54, 1.807) is 7.11 Å². The van der Waals surface area contributed by atoms with Crippen LogP contribution in [0, 0.1) is 0 Å². The number of hydrogen-bond acceptors (Lipinski definition) is 2. The quantitative estimate of drug-likeness (QED) is 0.591. The Bertz CT molecular complexity index is 738. The van der Waals surface area contributed by atoms with Crippen molar-refractivity contribution in [2.24, 2.45) is 4.99 Å². The fourth-order valence-electron chi connectivity index (χ4n) is 3.42. The predicted molar refractivity (Wildman–Crippen MR) is 108 cm³/mol. The van der Waals surface area contributed by atoms with Gasteiger partial charge in [-0.05, 0) is 30.0 Å². The lowest BCUT2D eigenvalue weighted by Gasteiger charge is -2.21. The second kappa shape index (κ2) is 8.26. The van der Waals surface area contributed by atoms with Gasteiger partial charge in [0.15, 0.2) is 5.96 Å². The van der Waals surface area contributed by atoms with E-state index in [4.69, 9.17) is 4.74 Å². The molecular weight excluding hydrogens is 322 g/mol. The minimum atomic E-state index is 0.271. The Balaban J connectivity index is 1.54. The monoisotopic (exact) mass is 351 g/mol. The lowest BCUT2D eigenvalue weighted by molar-refractivity contribution is 0.406. The molecule has 1 unspecified atom stereocenters. The van der Waals surface area contributed by atoms with Crippen molar-refractivity contribution in [3.05, 3.63) is 65.7 Å². The molecule has 26 heavy (non-hydrogen) atoms. The zero-order valence-electron chi connectivity index (χ0n) is 16.0. The van der Waals surface area contributed by atoms with E-state index in [0.717, 1.165) is 24.8 Å². The van der Waals surface area contributed by atoms with Gasteiger partial charge in [-0.2, -0.15) is 0 Å². The summed E-state index contributed by atoms with van der Waals surface area (Å²) in [6.45, 7) is 3.92. The van der Waals surface area contributed by atoms with Gasteiger partial charge in [0.05, 0.1) is 7.11 Å². The van der Waals surface area contributed by atoms with E-state index < -0.39 is 0 Å². The minimum absolute atomic E-state index is 0.271. The van der Waals surface area contributed by atoms with Crippen molar-refractivity contribution in [3.63, 3.8) is 0 Å². The molecule has 0 amide bonds. The molecule has 4 heteroatoms. The van der Waals surface area contributed by atoms with Crippen molar-refractivity contribution < 1.29 is 4.74 Å². The van der Waals surface area contributed by atoms with Gasteiger partial charge in [-0.15, -0.1) is 0 Å². The van der Waals surface area contributed by atoms with E-state index in [1.165, 1.54) is 24.0 Å². The van der Waals surface area contributed by atoms with Gasteiger partial charge in [0, 0.05) is 31.5 Å². The molecule has 138 valence electrons. The van der Waals surface area contributed by atoms with E-state index in [0.29, 0.717) is 5.92 Å². The third kappa shape index (κ3) is 4.18. The molecule has 0 aromatic heterocycles. The molecule has 0 heterocycles. The standard InChI is InChI=1S/C22H29N3O/c1-17(19-11-7-8-12-20(19)26-3)15-24-21(23-2)25-16-22(13-14-22)18-9-5-4-6-10-18/h4-12,17H,13-16H2,1-3H3,(H2,23,24,25). The lowest BCUT2D eigenvalue weighted by Crippen LogP contribution is -2.42. The molecule has 1 aliphatic rings. The summed E-state index contributed by atoms with van der Waals surface area (Å²) in [6, 6.07) is 19.0. The molecule has 1 atom stereocenters. The molecule has 1 fully saturated rings. The van der Waals surface area contributed by atoms with Crippen LogP contribution < -0.4 is 15.4 Å². The van der Waals surface area contributed by atoms with Gasteiger partial charge in [-0.3, -0.25) is 4.99 Å². The molecule has 0 aliphatic heterocycles. The molecule has 0 spiro atoms. The highest BCUT2D eigenvalue weighted by Crippen LogP contribution is 2.47. The zero-order chi connectivity index (χ0) is 18.4. The zero-order valence-corrected chi connectivity index (χ0v) is 16.0. The van der Waals surface area contributed by atoms with Gasteiger partial charge < -0.3 is 15.4 Å². The Morgan fingerprint density at radius 1 is 1.08 bits per heavy atom. The average Bonchev–Trinajstić information content (AvgIpc) is 3.49. The molecular formula is C22H29N3O. The van der Waals surface area contributed by atoms with Crippen LogP contribution in [0.3, 0.4) is 0 Å². The fraction of sp³-hybridized carbons (Fsp3) is 0.409. The predicted octanol–water partition coefficient (Wildman–Crippen LogP) is 3.70. The number of nitrogens with zero attached hydrogens (tertiary/aromatic N) is 1. The summed E-state index contributed by atoms with van der Waals surface area (Å²) in [5.41, 5.74) is 2.90. The van der Waals surface area contributed by atoms with E-state index in [2.05, 4.69) is 65.0 Å². The second-order valence-electron chi connectivity index (χ2n) is 7.10. The number of hydrogen-bond donors (Lipinski definition) is 2. The molecule has 1 aliphatic carbocycles. The first-order chi connectivity index (χ1) is 12.7. The van der Waals surface area contributed by atoms with Crippen molar-refractivity contribution in [1.82, 2.24) is 10.6 Å². The van der Waals surface area contributed by atoms with E-state index in [9.17, 15) is 0 Å². The third-order valence-corrected chi connectivity index (χ3v) is 5.30. The van der Waals surface area contributed by atoms with Crippen LogP contribution in [-0.4, -0.2) is 33.2 Å². The van der Waals surface area contributed by atoms with Crippen molar-refractivity contribution in [2.45, 2.75) is 31.1 Å². The van der Waals surface area contributed by atoms with Gasteiger partial charge in [0.1, 0.15) is 5.75 Å². The van der Waals surface area contributed by atoms with Crippen LogP contribution in [0.4, 0.5) is 0 Å². The maximum atomic E-state index is 5.48. The molecule has 2 aromatic rings. The highest BCUT2D eigenvalue weighted by atomic mass is 16.5. The molecule has 2 aromatic carbocycles. The van der Waals surface area contributed by atoms with Gasteiger partial charge in [0.2, 0.25) is 0 Å². The number of benzene rings is 2. The first-order valence-electron chi connectivity index (χ1n) is 9.31. The highest BCUT2D eigenvalue weighted by molar-refractivity contribution is 5.80. The molecule has 0 bridgehead atoms. The number of rotatable bonds is 7. The number of methoxy groups -OCH3 is 1. The Morgan fingerprint density at radius 2 is 1.77 bits per heavy atom. The van der Waals surface area contributed by atoms with Gasteiger partial charge >= 0.3 is 0 Å². The summed E-state index contributed by atoms with van der Waals surface area (Å²) in [5.74, 6) is 2.12. The molecule has 2 N–H and O–H groups in total. The summed E-state index contributed by atoms with van der Waals surface area (Å²) < 4.78 is 5.48. The smallest absolute Gasteiger partial charge is 0.191 e. The van der Waals surface area contributed by atoms with Crippen LogP contribution in [0.5, 0.6) is 5.75 Å². The van der Waals surface area contributed by atoms with Crippen LogP contribution in [0.2, 0.25) is 0 Å². The normalized spacial score (nSPS) is 16.7. The molecule has 4 nitrogen and oxygen atoms in total. The fourth-order valence-corrected chi connectivity index (χ4v) is 3.42. The number of aliphatic imine (C=N–C) groups is 1. The topological polar surface area (TPSA) is 45.7 Å². The van der Waals surface area contributed by atoms with Crippen LogP contribution in [0.15, 0.2) is 59.6 Å². The van der Waals surface area contributed by atoms with Crippen LogP contribution in [-0.2, 0) is 5.41 Å². The summed E-state index contributed by atoms with van der Waals surface area (Å²) in [6.07, 6.45) is 2.47. The highest BCUT2D eigenvalue weighted by Gasteiger charge is 2.43. The number of nitrogens with one attached hydrogen (secondary N) is 2. The summed E-state index contributed by atoms with van der Waals surface area (Å²) >= 11 is 0. The maximum Gasteiger partial charge on any atom is 0.191 e. The van der Waals surface area contributed by atoms with Crippen molar-refractivity contribution in [1.29, 1.82) is 0 Å². The second-order valence-corrected chi connectivity index (χ2v) is 7.10. The Hall–Kier alpha value is -2.49. The van der Waals surface area contributed by atoms with Gasteiger partial charge in [-0.25, -0.2) is 0 Å². The minimum Gasteiger partial charge on any atom is -0.496 e. The maximum absolute atomic E-state index is 5.48. The van der Waals surface area contributed by atoms with Gasteiger partial charge in [-0.1, -0.05) is 55.5 Å². The first-order valence-corrected chi connectivity index (χ1v) is 9.31. The Labute approximate surface area is 156 Å². The van der Waals surface area contributed by atoms with Crippen molar-refractivity contribution >= 4 is 5.96 Å². The lowest BCUT2D eigenvalue weighted by atomic mass is 9.96. The summed E-state index contributed by atoms with van der Waals surface area (Å²) in [5, 5.41) is 6.97. The van der Waals surface area contributed by atoms with E-state index in [1.807, 2.05) is 19.2 Å². The SMILES string of the molecule is CN=C(NCC(C)c1ccccc1OC)NCC1(c2ccccc2)CC1. The first kappa shape index (κ1) is 18.3. The van der Waals surface area contributed by atoms with Gasteiger partial charge in [0.25, 0.3) is 0 Å². The molecule has 3 rings (SSSR count). The van der Waals surface area contributed by atoms with Crippen LogP contribution in [0.1, 0.15) is 36.8 Å². The van der Waals surface area contributed by atoms with Crippen LogP contribution in [0.25, 0.3) is 0 Å². The third-order valence-electron chi connectivity index (χ3n) is 5.30. The van der Waals surface area contributed by atoms with E-state index >= 15 is 0 Å². The Kier molecular flexibility index (Phi) is 5.82. The Morgan fingerprint density at radius 3 is 2.42 bits per heavy atom. The average molecular weight is 351 g/mol. The largest absolute Gasteiger partial charge is 0.496 e.